The largest absolute Gasteiger partial charge is 0.481 e. The van der Waals surface area contributed by atoms with Crippen LogP contribution in [0.25, 0.3) is 0 Å². The lowest BCUT2D eigenvalue weighted by atomic mass is 10.1. The first kappa shape index (κ1) is 17.7. The van der Waals surface area contributed by atoms with E-state index in [0.29, 0.717) is 30.8 Å². The smallest absolute Gasteiger partial charge is 0.308 e. The predicted molar refractivity (Wildman–Crippen MR) is 80.2 cm³/mol. The van der Waals surface area contributed by atoms with Crippen molar-refractivity contribution in [2.45, 2.75) is 20.3 Å². The molecule has 1 unspecified atom stereocenters. The van der Waals surface area contributed by atoms with Crippen LogP contribution in [0.3, 0.4) is 0 Å². The third-order valence-electron chi connectivity index (χ3n) is 2.91. The van der Waals surface area contributed by atoms with Gasteiger partial charge in [-0.2, -0.15) is 0 Å². The molecule has 0 aliphatic carbocycles. The molecule has 1 heterocycles. The van der Waals surface area contributed by atoms with Crippen LogP contribution in [0, 0.1) is 5.92 Å². The Hall–Kier alpha value is -1.34. The third-order valence-corrected chi connectivity index (χ3v) is 3.33. The van der Waals surface area contributed by atoms with Crippen molar-refractivity contribution in [3.8, 4) is 0 Å². The van der Waals surface area contributed by atoms with Gasteiger partial charge in [0.25, 0.3) is 5.91 Å². The summed E-state index contributed by atoms with van der Waals surface area (Å²) in [5, 5.41) is 9.00. The Morgan fingerprint density at radius 3 is 2.71 bits per heavy atom. The molecule has 1 aromatic heterocycles. The van der Waals surface area contributed by atoms with Crippen molar-refractivity contribution in [1.82, 2.24) is 4.90 Å². The van der Waals surface area contributed by atoms with Gasteiger partial charge in [-0.15, -0.1) is 0 Å². The van der Waals surface area contributed by atoms with Gasteiger partial charge in [0.05, 0.1) is 5.92 Å². The van der Waals surface area contributed by atoms with Crippen molar-refractivity contribution in [3.05, 3.63) is 22.6 Å². The first-order chi connectivity index (χ1) is 9.95. The lowest BCUT2D eigenvalue weighted by Gasteiger charge is -2.23. The number of hydrogen-bond acceptors (Lipinski definition) is 4. The zero-order valence-electron chi connectivity index (χ0n) is 12.2. The number of aliphatic carboxylic acids is 1. The number of nitrogens with zero attached hydrogens (tertiary/aromatic N) is 1. The van der Waals surface area contributed by atoms with Gasteiger partial charge in [-0.05, 0) is 41.4 Å². The van der Waals surface area contributed by atoms with Gasteiger partial charge >= 0.3 is 5.97 Å². The highest BCUT2D eigenvalue weighted by Crippen LogP contribution is 2.16. The van der Waals surface area contributed by atoms with E-state index in [4.69, 9.17) is 14.3 Å². The van der Waals surface area contributed by atoms with Gasteiger partial charge < -0.3 is 19.2 Å². The topological polar surface area (TPSA) is 80.0 Å². The molecule has 0 aliphatic heterocycles. The molecule has 0 aromatic carbocycles. The lowest BCUT2D eigenvalue weighted by Crippen LogP contribution is -2.37. The number of carboxylic acids is 1. The van der Waals surface area contributed by atoms with Crippen LogP contribution in [0.1, 0.15) is 30.8 Å². The first-order valence-corrected chi connectivity index (χ1v) is 7.60. The van der Waals surface area contributed by atoms with E-state index < -0.39 is 11.9 Å². The predicted octanol–water partition coefficient (Wildman–Crippen LogP) is 2.63. The third kappa shape index (κ3) is 5.89. The van der Waals surface area contributed by atoms with Crippen molar-refractivity contribution in [1.29, 1.82) is 0 Å². The highest BCUT2D eigenvalue weighted by Gasteiger charge is 2.23. The van der Waals surface area contributed by atoms with E-state index in [0.717, 1.165) is 0 Å². The molecule has 0 radical (unpaired) electrons. The summed E-state index contributed by atoms with van der Waals surface area (Å²) in [6.45, 7) is 5.18. The zero-order valence-corrected chi connectivity index (χ0v) is 13.8. The minimum atomic E-state index is -0.932. The van der Waals surface area contributed by atoms with E-state index in [1.54, 1.807) is 19.1 Å². The number of carbonyl (C=O) groups is 2. The summed E-state index contributed by atoms with van der Waals surface area (Å²) >= 11 is 3.15. The van der Waals surface area contributed by atoms with Crippen molar-refractivity contribution in [3.63, 3.8) is 0 Å². The highest BCUT2D eigenvalue weighted by atomic mass is 79.9. The second-order valence-electron chi connectivity index (χ2n) is 4.64. The molecular formula is C14H20BrNO5. The maximum atomic E-state index is 12.4. The molecule has 0 fully saturated rings. The van der Waals surface area contributed by atoms with Gasteiger partial charge in [0.1, 0.15) is 0 Å². The van der Waals surface area contributed by atoms with Gasteiger partial charge in [0.2, 0.25) is 0 Å². The van der Waals surface area contributed by atoms with Crippen molar-refractivity contribution in [2.24, 2.45) is 5.92 Å². The number of halogens is 1. The molecule has 0 saturated carbocycles. The van der Waals surface area contributed by atoms with Gasteiger partial charge in [-0.25, -0.2) is 0 Å². The second kappa shape index (κ2) is 8.84. The molecule has 1 atom stereocenters. The van der Waals surface area contributed by atoms with Gasteiger partial charge in [0.15, 0.2) is 10.4 Å². The molecule has 1 rings (SSSR count). The van der Waals surface area contributed by atoms with Crippen molar-refractivity contribution >= 4 is 27.8 Å². The van der Waals surface area contributed by atoms with Crippen LogP contribution >= 0.6 is 15.9 Å². The Bertz CT molecular complexity index is 474. The summed E-state index contributed by atoms with van der Waals surface area (Å²) in [4.78, 5) is 24.8. The summed E-state index contributed by atoms with van der Waals surface area (Å²) < 4.78 is 10.9. The van der Waals surface area contributed by atoms with Crippen molar-refractivity contribution < 1.29 is 23.8 Å². The summed E-state index contributed by atoms with van der Waals surface area (Å²) in [5.74, 6) is -1.70. The maximum Gasteiger partial charge on any atom is 0.308 e. The fourth-order valence-electron chi connectivity index (χ4n) is 1.77. The number of ether oxygens (including phenoxy) is 1. The SMILES string of the molecule is CCOCCCN(CC(C)C(=O)O)C(=O)c1ccc(Br)o1. The van der Waals surface area contributed by atoms with E-state index >= 15 is 0 Å². The average molecular weight is 362 g/mol. The van der Waals surface area contributed by atoms with Gasteiger partial charge in [-0.1, -0.05) is 6.92 Å². The van der Waals surface area contributed by atoms with Crippen molar-refractivity contribution in [2.75, 3.05) is 26.3 Å². The molecule has 21 heavy (non-hydrogen) atoms. The Morgan fingerprint density at radius 2 is 2.19 bits per heavy atom. The molecule has 0 bridgehead atoms. The minimum absolute atomic E-state index is 0.138. The lowest BCUT2D eigenvalue weighted by molar-refractivity contribution is -0.141. The quantitative estimate of drug-likeness (QED) is 0.683. The maximum absolute atomic E-state index is 12.4. The van der Waals surface area contributed by atoms with E-state index in [9.17, 15) is 9.59 Å². The Kier molecular flexibility index (Phi) is 7.45. The van der Waals surface area contributed by atoms with Gasteiger partial charge in [0, 0.05) is 26.3 Å². The van der Waals surface area contributed by atoms with Crippen LogP contribution in [-0.2, 0) is 9.53 Å². The molecule has 7 heteroatoms. The van der Waals surface area contributed by atoms with E-state index in [-0.39, 0.29) is 18.2 Å². The number of furan rings is 1. The van der Waals surface area contributed by atoms with Crippen LogP contribution in [0.4, 0.5) is 0 Å². The van der Waals surface area contributed by atoms with E-state index in [2.05, 4.69) is 15.9 Å². The average Bonchev–Trinajstić information content (AvgIpc) is 2.87. The molecule has 1 amide bonds. The summed E-state index contributed by atoms with van der Waals surface area (Å²) in [6.07, 6.45) is 0.647. The number of amides is 1. The number of carbonyl (C=O) groups excluding carboxylic acids is 1. The molecule has 1 N–H and O–H groups in total. The zero-order chi connectivity index (χ0) is 15.8. The Morgan fingerprint density at radius 1 is 1.48 bits per heavy atom. The molecule has 0 aliphatic rings. The van der Waals surface area contributed by atoms with Crippen LogP contribution in [0.15, 0.2) is 21.2 Å². The summed E-state index contributed by atoms with van der Waals surface area (Å²) in [6, 6.07) is 3.19. The molecule has 1 aromatic rings. The number of rotatable bonds is 9. The summed E-state index contributed by atoms with van der Waals surface area (Å²) in [5.41, 5.74) is 0. The number of carboxylic acid groups (broad SMARTS) is 1. The molecule has 118 valence electrons. The van der Waals surface area contributed by atoms with Crippen LogP contribution in [0.5, 0.6) is 0 Å². The fraction of sp³-hybridized carbons (Fsp3) is 0.571. The standard InChI is InChI=1S/C14H20BrNO5/c1-3-20-8-4-7-16(9-10(2)14(18)19)13(17)11-5-6-12(15)21-11/h5-6,10H,3-4,7-9H2,1-2H3,(H,18,19). The fourth-order valence-corrected chi connectivity index (χ4v) is 2.08. The van der Waals surface area contributed by atoms with E-state index in [1.807, 2.05) is 6.92 Å². The molecule has 0 saturated heterocycles. The Balaban J connectivity index is 2.70. The van der Waals surface area contributed by atoms with Crippen LogP contribution in [0.2, 0.25) is 0 Å². The second-order valence-corrected chi connectivity index (χ2v) is 5.43. The normalized spacial score (nSPS) is 12.1. The van der Waals surface area contributed by atoms with Crippen LogP contribution in [-0.4, -0.2) is 48.2 Å². The highest BCUT2D eigenvalue weighted by molar-refractivity contribution is 9.10. The summed E-state index contributed by atoms with van der Waals surface area (Å²) in [7, 11) is 0. The minimum Gasteiger partial charge on any atom is -0.481 e. The molecular weight excluding hydrogens is 342 g/mol. The number of hydrogen-bond donors (Lipinski definition) is 1. The monoisotopic (exact) mass is 361 g/mol. The Labute approximate surface area is 132 Å². The van der Waals surface area contributed by atoms with Gasteiger partial charge in [-0.3, -0.25) is 9.59 Å². The first-order valence-electron chi connectivity index (χ1n) is 6.80. The van der Waals surface area contributed by atoms with E-state index in [1.165, 1.54) is 4.90 Å². The molecule has 6 nitrogen and oxygen atoms in total. The van der Waals surface area contributed by atoms with Crippen LogP contribution < -0.4 is 0 Å². The molecule has 0 spiro atoms.